The molecule has 0 saturated heterocycles. The molecular weight excluding hydrogens is 141 g/mol. The van der Waals surface area contributed by atoms with E-state index in [0.717, 1.165) is 0 Å². The Morgan fingerprint density at radius 3 is 1.50 bits per heavy atom. The maximum Gasteiger partial charge on any atom is 0.692 e. The second-order valence-corrected chi connectivity index (χ2v) is 0.996. The first-order chi connectivity index (χ1) is 3.46. The SMILES string of the molecule is O=[N+]([O-])O.O=[P+](O)O. The van der Waals surface area contributed by atoms with Gasteiger partial charge in [0, 0.05) is 4.57 Å². The van der Waals surface area contributed by atoms with Gasteiger partial charge in [0.15, 0.2) is 0 Å². The van der Waals surface area contributed by atoms with Crippen molar-refractivity contribution in [2.75, 3.05) is 0 Å². The molecule has 0 saturated carbocycles. The van der Waals surface area contributed by atoms with Gasteiger partial charge in [-0.3, -0.25) is 0 Å². The van der Waals surface area contributed by atoms with Crippen molar-refractivity contribution in [3.05, 3.63) is 10.1 Å². The Labute approximate surface area is 44.2 Å². The molecule has 0 aliphatic heterocycles. The quantitative estimate of drug-likeness (QED) is 0.234. The summed E-state index contributed by atoms with van der Waals surface area (Å²) in [4.78, 5) is 22.6. The third kappa shape index (κ3) is 153. The first kappa shape index (κ1) is 10.3. The van der Waals surface area contributed by atoms with Crippen LogP contribution in [0.1, 0.15) is 0 Å². The van der Waals surface area contributed by atoms with Gasteiger partial charge in [-0.1, -0.05) is 0 Å². The summed E-state index contributed by atoms with van der Waals surface area (Å²) >= 11 is 0. The lowest BCUT2D eigenvalue weighted by molar-refractivity contribution is -0.742. The monoisotopic (exact) mass is 144 g/mol. The summed E-state index contributed by atoms with van der Waals surface area (Å²) in [5.74, 6) is 0. The highest BCUT2D eigenvalue weighted by atomic mass is 31.1. The minimum atomic E-state index is -2.87. The second-order valence-electron chi connectivity index (χ2n) is 0.491. The number of hydrogen-bond donors (Lipinski definition) is 3. The summed E-state index contributed by atoms with van der Waals surface area (Å²) < 4.78 is 8.70. The van der Waals surface area contributed by atoms with Gasteiger partial charge in [0.1, 0.15) is 0 Å². The van der Waals surface area contributed by atoms with Crippen molar-refractivity contribution in [1.29, 1.82) is 0 Å². The molecule has 0 heterocycles. The van der Waals surface area contributed by atoms with E-state index in [1.54, 1.807) is 0 Å². The van der Waals surface area contributed by atoms with Crippen LogP contribution in [0.2, 0.25) is 0 Å². The molecule has 0 aromatic rings. The summed E-state index contributed by atoms with van der Waals surface area (Å²) in [5.41, 5.74) is 0. The first-order valence-electron chi connectivity index (χ1n) is 1.15. The summed E-state index contributed by atoms with van der Waals surface area (Å²) in [6.45, 7) is 0. The van der Waals surface area contributed by atoms with Crippen molar-refractivity contribution in [1.82, 2.24) is 0 Å². The number of hydrogen-bond acceptors (Lipinski definition) is 3. The van der Waals surface area contributed by atoms with Crippen LogP contribution in [0.3, 0.4) is 0 Å². The predicted molar refractivity (Wildman–Crippen MR) is 20.8 cm³/mol. The van der Waals surface area contributed by atoms with Gasteiger partial charge in [-0.15, -0.1) is 19.9 Å². The Bertz CT molecular complexity index is 66.5. The lowest BCUT2D eigenvalue weighted by Crippen LogP contribution is -1.81. The van der Waals surface area contributed by atoms with Crippen molar-refractivity contribution >= 4 is 8.25 Å². The van der Waals surface area contributed by atoms with Crippen LogP contribution in [-0.4, -0.2) is 20.1 Å². The largest absolute Gasteiger partial charge is 0.692 e. The van der Waals surface area contributed by atoms with Crippen molar-refractivity contribution in [3.63, 3.8) is 0 Å². The molecule has 0 spiro atoms. The van der Waals surface area contributed by atoms with Crippen molar-refractivity contribution in [2.24, 2.45) is 0 Å². The fourth-order valence-electron chi connectivity index (χ4n) is 0. The van der Waals surface area contributed by atoms with Gasteiger partial charge in [0.25, 0.3) is 5.09 Å². The number of rotatable bonds is 0. The van der Waals surface area contributed by atoms with Crippen LogP contribution in [0, 0.1) is 10.1 Å². The lowest BCUT2D eigenvalue weighted by atomic mass is 13.1. The molecule has 0 aliphatic carbocycles. The van der Waals surface area contributed by atoms with Crippen LogP contribution < -0.4 is 0 Å². The zero-order valence-corrected chi connectivity index (χ0v) is 4.36. The molecule has 0 aromatic carbocycles. The summed E-state index contributed by atoms with van der Waals surface area (Å²) in [5, 5.41) is 13.6. The Morgan fingerprint density at radius 1 is 1.50 bits per heavy atom. The van der Waals surface area contributed by atoms with E-state index in [1.807, 2.05) is 0 Å². The van der Waals surface area contributed by atoms with Crippen molar-refractivity contribution < 1.29 is 24.6 Å². The molecule has 0 bridgehead atoms. The van der Waals surface area contributed by atoms with Crippen LogP contribution in [0.25, 0.3) is 0 Å². The molecule has 3 N–H and O–H groups in total. The Kier molecular flexibility index (Phi) is 7.97. The van der Waals surface area contributed by atoms with E-state index in [-0.39, 0.29) is 0 Å². The van der Waals surface area contributed by atoms with E-state index in [1.165, 1.54) is 0 Å². The summed E-state index contributed by atoms with van der Waals surface area (Å²) in [7, 11) is -2.87. The van der Waals surface area contributed by atoms with Crippen LogP contribution >= 0.6 is 8.25 Å². The normalized spacial score (nSPS) is 6.25. The molecule has 0 amide bonds. The minimum Gasteiger partial charge on any atom is -0.328 e. The van der Waals surface area contributed by atoms with E-state index in [0.29, 0.717) is 0 Å². The molecular formula is H3NO6P+. The smallest absolute Gasteiger partial charge is 0.328 e. The fraction of sp³-hybridized carbons (Fsp3) is 0. The molecule has 0 radical (unpaired) electrons. The predicted octanol–water partition coefficient (Wildman–Crippen LogP) is -0.719. The molecule has 48 valence electrons. The molecule has 8 heteroatoms. The van der Waals surface area contributed by atoms with Crippen LogP contribution in [0.5, 0.6) is 0 Å². The van der Waals surface area contributed by atoms with Gasteiger partial charge in [-0.25, -0.2) is 0 Å². The third-order valence-electron chi connectivity index (χ3n) is 0. The maximum absolute atomic E-state index is 8.70. The summed E-state index contributed by atoms with van der Waals surface area (Å²) in [6.07, 6.45) is 0. The summed E-state index contributed by atoms with van der Waals surface area (Å²) in [6, 6.07) is 0. The highest BCUT2D eigenvalue weighted by Crippen LogP contribution is 1.98. The van der Waals surface area contributed by atoms with E-state index in [2.05, 4.69) is 0 Å². The van der Waals surface area contributed by atoms with Gasteiger partial charge in [-0.2, -0.15) is 0 Å². The van der Waals surface area contributed by atoms with Gasteiger partial charge in [0.05, 0.1) is 0 Å². The van der Waals surface area contributed by atoms with Crippen LogP contribution in [-0.2, 0) is 4.57 Å². The van der Waals surface area contributed by atoms with Crippen LogP contribution in [0.4, 0.5) is 0 Å². The molecule has 0 atom stereocenters. The molecule has 0 fully saturated rings. The fourth-order valence-corrected chi connectivity index (χ4v) is 0. The Hall–Kier alpha value is -0.780. The van der Waals surface area contributed by atoms with Gasteiger partial charge < -0.3 is 5.21 Å². The highest BCUT2D eigenvalue weighted by Gasteiger charge is 1.93. The number of nitrogens with zero attached hydrogens (tertiary/aromatic N) is 1. The molecule has 8 heavy (non-hydrogen) atoms. The average molecular weight is 144 g/mol. The maximum atomic E-state index is 8.70. The van der Waals surface area contributed by atoms with Gasteiger partial charge in [0.2, 0.25) is 0 Å². The Balaban J connectivity index is 0. The lowest BCUT2D eigenvalue weighted by Gasteiger charge is -1.56. The standard InChI is InChI=1S/HNO3.HO3P/c2-1(3)4;1-4(2)3/h(H,2,3,4);(H-,1,2,3)/p+1. The van der Waals surface area contributed by atoms with E-state index in [9.17, 15) is 0 Å². The molecule has 0 aliphatic rings. The topological polar surface area (TPSA) is 121 Å². The van der Waals surface area contributed by atoms with E-state index >= 15 is 0 Å². The van der Waals surface area contributed by atoms with Crippen LogP contribution in [0.15, 0.2) is 0 Å². The molecule has 0 rings (SSSR count). The molecule has 0 unspecified atom stereocenters. The van der Waals surface area contributed by atoms with Gasteiger partial charge in [-0.05, 0) is 0 Å². The molecule has 7 nitrogen and oxygen atoms in total. The first-order valence-corrected chi connectivity index (χ1v) is 2.31. The van der Waals surface area contributed by atoms with Gasteiger partial charge >= 0.3 is 8.25 Å². The van der Waals surface area contributed by atoms with E-state index in [4.69, 9.17) is 29.7 Å². The highest BCUT2D eigenvalue weighted by molar-refractivity contribution is 7.30. The Morgan fingerprint density at radius 2 is 1.50 bits per heavy atom. The van der Waals surface area contributed by atoms with Crippen molar-refractivity contribution in [2.45, 2.75) is 0 Å². The second kappa shape index (κ2) is 6.22. The third-order valence-corrected chi connectivity index (χ3v) is 0. The average Bonchev–Trinajstić information content (AvgIpc) is 1.25. The van der Waals surface area contributed by atoms with Crippen molar-refractivity contribution in [3.8, 4) is 0 Å². The van der Waals surface area contributed by atoms with E-state index < -0.39 is 13.3 Å². The zero-order valence-electron chi connectivity index (χ0n) is 3.46. The zero-order chi connectivity index (χ0) is 7.15. The molecule has 0 aromatic heterocycles. The minimum absolute atomic E-state index is 1.50.